The molecule has 0 amide bonds. The summed E-state index contributed by atoms with van der Waals surface area (Å²) in [6.45, 7) is 2.26. The van der Waals surface area contributed by atoms with Crippen molar-refractivity contribution in [3.05, 3.63) is 59.7 Å². The van der Waals surface area contributed by atoms with Crippen LogP contribution in [0, 0.1) is 29.1 Å². The van der Waals surface area contributed by atoms with Gasteiger partial charge in [0, 0.05) is 6.08 Å². The lowest BCUT2D eigenvalue weighted by Gasteiger charge is -2.28. The van der Waals surface area contributed by atoms with Crippen molar-refractivity contribution in [1.82, 2.24) is 0 Å². The average Bonchev–Trinajstić information content (AvgIpc) is 2.76. The number of allylic oxidation sites excluding steroid dienone is 4. The fourth-order valence-corrected chi connectivity index (χ4v) is 5.01. The molecule has 1 nitrogen and oxygen atoms in total. The molecule has 2 aliphatic rings. The predicted octanol–water partition coefficient (Wildman–Crippen LogP) is 7.75. The average molecular weight is 376 g/mol. The van der Waals surface area contributed by atoms with Crippen LogP contribution in [-0.2, 0) is 6.42 Å². The Hall–Kier alpha value is -1.81. The van der Waals surface area contributed by atoms with Gasteiger partial charge in [-0.1, -0.05) is 55.8 Å². The zero-order valence-electron chi connectivity index (χ0n) is 17.7. The van der Waals surface area contributed by atoms with Crippen molar-refractivity contribution in [3.8, 4) is 6.07 Å². The first-order valence-electron chi connectivity index (χ1n) is 11.6. The second-order valence-corrected chi connectivity index (χ2v) is 9.00. The molecule has 150 valence electrons. The summed E-state index contributed by atoms with van der Waals surface area (Å²) in [5.41, 5.74) is 3.06. The van der Waals surface area contributed by atoms with Crippen molar-refractivity contribution >= 4 is 0 Å². The summed E-state index contributed by atoms with van der Waals surface area (Å²) in [7, 11) is 0. The van der Waals surface area contributed by atoms with E-state index in [1.54, 1.807) is 11.6 Å². The molecular weight excluding hydrogens is 338 g/mol. The molecule has 28 heavy (non-hydrogen) atoms. The third kappa shape index (κ3) is 6.37. The zero-order chi connectivity index (χ0) is 19.6. The topological polar surface area (TPSA) is 23.8 Å². The molecule has 1 aromatic carbocycles. The smallest absolute Gasteiger partial charge is 0.0908 e. The van der Waals surface area contributed by atoms with Crippen LogP contribution in [0.2, 0.25) is 0 Å². The van der Waals surface area contributed by atoms with Crippen molar-refractivity contribution in [3.63, 3.8) is 0 Å². The Morgan fingerprint density at radius 3 is 1.89 bits per heavy atom. The van der Waals surface area contributed by atoms with Gasteiger partial charge in [0.15, 0.2) is 0 Å². The van der Waals surface area contributed by atoms with Crippen LogP contribution in [-0.4, -0.2) is 0 Å². The number of nitriles is 1. The fraction of sp³-hybridized carbons (Fsp3) is 0.593. The van der Waals surface area contributed by atoms with Gasteiger partial charge in [-0.05, 0) is 99.0 Å². The summed E-state index contributed by atoms with van der Waals surface area (Å²) in [6, 6.07) is 11.6. The van der Waals surface area contributed by atoms with Crippen LogP contribution in [0.4, 0.5) is 0 Å². The van der Waals surface area contributed by atoms with Crippen molar-refractivity contribution in [2.75, 3.05) is 0 Å². The van der Waals surface area contributed by atoms with Gasteiger partial charge in [0.25, 0.3) is 0 Å². The lowest BCUT2D eigenvalue weighted by Crippen LogP contribution is -2.14. The van der Waals surface area contributed by atoms with E-state index in [-0.39, 0.29) is 0 Å². The molecule has 0 aromatic heterocycles. The van der Waals surface area contributed by atoms with E-state index in [1.165, 1.54) is 76.2 Å². The number of benzene rings is 1. The highest BCUT2D eigenvalue weighted by Gasteiger charge is 2.22. The van der Waals surface area contributed by atoms with Crippen LogP contribution < -0.4 is 0 Å². The molecule has 0 spiro atoms. The molecule has 2 aliphatic carbocycles. The van der Waals surface area contributed by atoms with Crippen molar-refractivity contribution in [1.29, 1.82) is 5.26 Å². The molecule has 0 aliphatic heterocycles. The predicted molar refractivity (Wildman–Crippen MR) is 119 cm³/mol. The highest BCUT2D eigenvalue weighted by atomic mass is 14.3. The Kier molecular flexibility index (Phi) is 8.41. The number of rotatable bonds is 7. The minimum absolute atomic E-state index is 0.632. The molecule has 0 unspecified atom stereocenters. The number of unbranched alkanes of at least 4 members (excludes halogenated alkanes) is 1. The highest BCUT2D eigenvalue weighted by molar-refractivity contribution is 5.26. The van der Waals surface area contributed by atoms with Crippen molar-refractivity contribution in [2.24, 2.45) is 17.8 Å². The molecule has 2 fully saturated rings. The van der Waals surface area contributed by atoms with Crippen LogP contribution >= 0.6 is 0 Å². The maximum Gasteiger partial charge on any atom is 0.0908 e. The summed E-state index contributed by atoms with van der Waals surface area (Å²) in [4.78, 5) is 0. The van der Waals surface area contributed by atoms with E-state index in [4.69, 9.17) is 5.26 Å². The van der Waals surface area contributed by atoms with E-state index in [1.807, 2.05) is 0 Å². The van der Waals surface area contributed by atoms with Gasteiger partial charge >= 0.3 is 0 Å². The second kappa shape index (κ2) is 11.3. The lowest BCUT2D eigenvalue weighted by molar-refractivity contribution is 0.348. The number of aryl methyl sites for hydroxylation is 1. The lowest BCUT2D eigenvalue weighted by atomic mass is 9.77. The Bertz CT molecular complexity index is 659. The van der Waals surface area contributed by atoms with Crippen LogP contribution in [0.1, 0.15) is 88.2 Å². The third-order valence-corrected chi connectivity index (χ3v) is 6.96. The summed E-state index contributed by atoms with van der Waals surface area (Å²) >= 11 is 0. The van der Waals surface area contributed by atoms with Crippen LogP contribution in [0.25, 0.3) is 0 Å². The van der Waals surface area contributed by atoms with Gasteiger partial charge < -0.3 is 0 Å². The first kappa shape index (κ1) is 20.9. The summed E-state index contributed by atoms with van der Waals surface area (Å²) in [5, 5.41) is 8.66. The molecule has 0 saturated heterocycles. The minimum Gasteiger partial charge on any atom is -0.193 e. The van der Waals surface area contributed by atoms with Gasteiger partial charge in [-0.2, -0.15) is 5.26 Å². The van der Waals surface area contributed by atoms with E-state index < -0.39 is 0 Å². The SMILES string of the molecule is CCCCc1ccc([C@H]2CC[C@H](C=C[C@H]3CC[C@H](C=CC#N)CC3)CC2)cc1. The van der Waals surface area contributed by atoms with E-state index in [2.05, 4.69) is 55.5 Å². The molecule has 0 radical (unpaired) electrons. The molecule has 1 heteroatoms. The monoisotopic (exact) mass is 375 g/mol. The second-order valence-electron chi connectivity index (χ2n) is 9.00. The largest absolute Gasteiger partial charge is 0.193 e. The zero-order valence-corrected chi connectivity index (χ0v) is 17.7. The van der Waals surface area contributed by atoms with Gasteiger partial charge in [-0.15, -0.1) is 0 Å². The molecule has 0 atom stereocenters. The van der Waals surface area contributed by atoms with Crippen LogP contribution in [0.5, 0.6) is 0 Å². The molecule has 2 saturated carbocycles. The molecular formula is C27H37N. The van der Waals surface area contributed by atoms with Crippen LogP contribution in [0.15, 0.2) is 48.6 Å². The molecule has 0 bridgehead atoms. The van der Waals surface area contributed by atoms with E-state index in [9.17, 15) is 0 Å². The summed E-state index contributed by atoms with van der Waals surface area (Å²) < 4.78 is 0. The quantitative estimate of drug-likeness (QED) is 0.353. The maximum absolute atomic E-state index is 8.66. The van der Waals surface area contributed by atoms with E-state index in [0.29, 0.717) is 5.92 Å². The molecule has 0 heterocycles. The summed E-state index contributed by atoms with van der Waals surface area (Å²) in [5.74, 6) is 2.96. The standard InChI is InChI=1S/C27H37N/c1-2-3-5-22-13-17-26(18-14-22)27-19-15-25(16-20-27)12-11-24-9-7-23(8-10-24)6-4-21-28/h4,6,11-14,17-18,23-25,27H,2-3,5,7-10,15-16,19-20H2,1H3/t23-,24-,25-,27-. The van der Waals surface area contributed by atoms with Gasteiger partial charge in [0.2, 0.25) is 0 Å². The Morgan fingerprint density at radius 1 is 0.821 bits per heavy atom. The molecule has 1 aromatic rings. The van der Waals surface area contributed by atoms with Crippen molar-refractivity contribution < 1.29 is 0 Å². The van der Waals surface area contributed by atoms with Gasteiger partial charge in [0.05, 0.1) is 6.07 Å². The first-order chi connectivity index (χ1) is 13.8. The molecule has 3 rings (SSSR count). The molecule has 0 N–H and O–H groups in total. The number of hydrogen-bond acceptors (Lipinski definition) is 1. The van der Waals surface area contributed by atoms with E-state index >= 15 is 0 Å². The van der Waals surface area contributed by atoms with Crippen LogP contribution in [0.3, 0.4) is 0 Å². The Labute approximate surface area is 172 Å². The minimum atomic E-state index is 0.632. The Morgan fingerprint density at radius 2 is 1.36 bits per heavy atom. The Balaban J connectivity index is 1.40. The normalized spacial score (nSPS) is 28.6. The first-order valence-corrected chi connectivity index (χ1v) is 11.6. The van der Waals surface area contributed by atoms with Gasteiger partial charge in [0.1, 0.15) is 0 Å². The highest BCUT2D eigenvalue weighted by Crippen LogP contribution is 2.37. The van der Waals surface area contributed by atoms with Gasteiger partial charge in [-0.3, -0.25) is 0 Å². The summed E-state index contributed by atoms with van der Waals surface area (Å²) in [6.07, 6.45) is 23.1. The third-order valence-electron chi connectivity index (χ3n) is 6.96. The maximum atomic E-state index is 8.66. The van der Waals surface area contributed by atoms with Gasteiger partial charge in [-0.25, -0.2) is 0 Å². The van der Waals surface area contributed by atoms with E-state index in [0.717, 1.165) is 17.8 Å². The fourth-order valence-electron chi connectivity index (χ4n) is 5.01. The van der Waals surface area contributed by atoms with Crippen molar-refractivity contribution in [2.45, 2.75) is 83.5 Å². The number of hydrogen-bond donors (Lipinski definition) is 0. The number of nitrogens with zero attached hydrogens (tertiary/aromatic N) is 1.